The number of benzene rings is 1. The van der Waals surface area contributed by atoms with Crippen LogP contribution < -0.4 is 10.3 Å². The zero-order valence-corrected chi connectivity index (χ0v) is 11.7. The summed E-state index contributed by atoms with van der Waals surface area (Å²) in [5.74, 6) is 0.166. The lowest BCUT2D eigenvalue weighted by Crippen LogP contribution is -2.17. The van der Waals surface area contributed by atoms with Crippen LogP contribution in [0.5, 0.6) is 5.75 Å². The third-order valence-electron chi connectivity index (χ3n) is 2.97. The van der Waals surface area contributed by atoms with Gasteiger partial charge in [0.2, 0.25) is 0 Å². The second-order valence-electron chi connectivity index (χ2n) is 4.84. The molecule has 5 nitrogen and oxygen atoms in total. The molecule has 0 spiro atoms. The maximum atomic E-state index is 11.9. The Balaban J connectivity index is 2.31. The zero-order valence-electron chi connectivity index (χ0n) is 11.7. The number of aromatic amines is 1. The van der Waals surface area contributed by atoms with Gasteiger partial charge < -0.3 is 14.5 Å². The molecule has 20 heavy (non-hydrogen) atoms. The van der Waals surface area contributed by atoms with E-state index in [2.05, 4.69) is 4.98 Å². The molecule has 0 saturated heterocycles. The molecule has 1 heterocycles. The topological polar surface area (TPSA) is 68.4 Å². The third-order valence-corrected chi connectivity index (χ3v) is 2.97. The van der Waals surface area contributed by atoms with Crippen molar-refractivity contribution in [3.8, 4) is 5.75 Å². The molecule has 0 amide bonds. The monoisotopic (exact) mass is 275 g/mol. The Bertz CT molecular complexity index is 688. The largest absolute Gasteiger partial charge is 0.497 e. The molecule has 1 aromatic carbocycles. The van der Waals surface area contributed by atoms with Gasteiger partial charge in [-0.25, -0.2) is 0 Å². The predicted octanol–water partition coefficient (Wildman–Crippen LogP) is 2.24. The van der Waals surface area contributed by atoms with E-state index in [0.29, 0.717) is 11.3 Å². The van der Waals surface area contributed by atoms with Crippen molar-refractivity contribution in [2.45, 2.75) is 20.5 Å². The quantitative estimate of drug-likeness (QED) is 0.869. The molecule has 0 aliphatic carbocycles. The first-order valence-electron chi connectivity index (χ1n) is 6.38. The van der Waals surface area contributed by atoms with Crippen molar-refractivity contribution in [3.05, 3.63) is 40.2 Å². The summed E-state index contributed by atoms with van der Waals surface area (Å²) in [7, 11) is 1.58. The Morgan fingerprint density at radius 1 is 1.30 bits per heavy atom. The van der Waals surface area contributed by atoms with Gasteiger partial charge in [0.1, 0.15) is 12.4 Å². The van der Waals surface area contributed by atoms with Crippen LogP contribution in [0.15, 0.2) is 29.1 Å². The number of rotatable bonds is 4. The number of fused-ring (bicyclic) bond motifs is 1. The summed E-state index contributed by atoms with van der Waals surface area (Å²) in [4.78, 5) is 26.1. The van der Waals surface area contributed by atoms with Crippen LogP contribution in [-0.2, 0) is 16.1 Å². The van der Waals surface area contributed by atoms with E-state index < -0.39 is 0 Å². The summed E-state index contributed by atoms with van der Waals surface area (Å²) in [5, 5.41) is 0.833. The molecular formula is C15H17NO4. The summed E-state index contributed by atoms with van der Waals surface area (Å²) in [6.07, 6.45) is 0. The molecule has 0 saturated carbocycles. The van der Waals surface area contributed by atoms with Crippen molar-refractivity contribution >= 4 is 16.9 Å². The molecule has 1 N–H and O–H groups in total. The lowest BCUT2D eigenvalue weighted by Gasteiger charge is -2.08. The van der Waals surface area contributed by atoms with E-state index in [9.17, 15) is 9.59 Å². The molecule has 2 aromatic rings. The van der Waals surface area contributed by atoms with Crippen LogP contribution in [0.1, 0.15) is 19.4 Å². The second kappa shape index (κ2) is 5.77. The van der Waals surface area contributed by atoms with Crippen molar-refractivity contribution in [2.75, 3.05) is 7.11 Å². The molecule has 0 fully saturated rings. The molecule has 0 bridgehead atoms. The van der Waals surface area contributed by atoms with Crippen LogP contribution in [0.3, 0.4) is 0 Å². The van der Waals surface area contributed by atoms with E-state index in [1.165, 1.54) is 0 Å². The number of hydrogen-bond donors (Lipinski definition) is 1. The summed E-state index contributed by atoms with van der Waals surface area (Å²) in [6, 6.07) is 7.08. The fourth-order valence-corrected chi connectivity index (χ4v) is 1.78. The number of H-pyrrole nitrogens is 1. The van der Waals surface area contributed by atoms with Gasteiger partial charge in [-0.05, 0) is 24.3 Å². The molecule has 0 aliphatic rings. The van der Waals surface area contributed by atoms with Gasteiger partial charge in [0.15, 0.2) is 0 Å². The zero-order chi connectivity index (χ0) is 14.7. The Kier molecular flexibility index (Phi) is 4.08. The third kappa shape index (κ3) is 2.99. The Morgan fingerprint density at radius 2 is 2.05 bits per heavy atom. The van der Waals surface area contributed by atoms with Gasteiger partial charge >= 0.3 is 5.97 Å². The summed E-state index contributed by atoms with van der Waals surface area (Å²) in [5.41, 5.74) is 0.883. The highest BCUT2D eigenvalue weighted by Crippen LogP contribution is 2.19. The van der Waals surface area contributed by atoms with Crippen LogP contribution in [0.25, 0.3) is 10.9 Å². The Labute approximate surface area is 116 Å². The fourth-order valence-electron chi connectivity index (χ4n) is 1.78. The van der Waals surface area contributed by atoms with Crippen molar-refractivity contribution in [1.82, 2.24) is 4.98 Å². The van der Waals surface area contributed by atoms with Crippen LogP contribution in [0.2, 0.25) is 0 Å². The number of pyridine rings is 1. The van der Waals surface area contributed by atoms with E-state index in [0.717, 1.165) is 10.9 Å². The van der Waals surface area contributed by atoms with Crippen molar-refractivity contribution in [3.63, 3.8) is 0 Å². The van der Waals surface area contributed by atoms with Crippen LogP contribution in [0, 0.1) is 5.92 Å². The van der Waals surface area contributed by atoms with Crippen molar-refractivity contribution in [1.29, 1.82) is 0 Å². The van der Waals surface area contributed by atoms with E-state index in [4.69, 9.17) is 9.47 Å². The molecule has 2 rings (SSSR count). The average molecular weight is 275 g/mol. The average Bonchev–Trinajstić information content (AvgIpc) is 2.44. The Morgan fingerprint density at radius 3 is 2.70 bits per heavy atom. The number of carbonyl (C=O) groups excluding carboxylic acids is 1. The molecule has 5 heteroatoms. The first-order valence-corrected chi connectivity index (χ1v) is 6.38. The lowest BCUT2D eigenvalue weighted by molar-refractivity contribution is -0.148. The smallest absolute Gasteiger partial charge is 0.308 e. The summed E-state index contributed by atoms with van der Waals surface area (Å²) in [6.45, 7) is 3.47. The van der Waals surface area contributed by atoms with Crippen LogP contribution in [0.4, 0.5) is 0 Å². The summed E-state index contributed by atoms with van der Waals surface area (Å²) < 4.78 is 10.2. The fraction of sp³-hybridized carbons (Fsp3) is 0.333. The van der Waals surface area contributed by atoms with Crippen LogP contribution in [-0.4, -0.2) is 18.1 Å². The van der Waals surface area contributed by atoms with Gasteiger partial charge in [-0.2, -0.15) is 0 Å². The number of methoxy groups -OCH3 is 1. The van der Waals surface area contributed by atoms with Crippen molar-refractivity contribution in [2.24, 2.45) is 5.92 Å². The van der Waals surface area contributed by atoms with Gasteiger partial charge in [-0.3, -0.25) is 9.59 Å². The number of hydrogen-bond acceptors (Lipinski definition) is 4. The minimum absolute atomic E-state index is 0.0283. The maximum Gasteiger partial charge on any atom is 0.308 e. The van der Waals surface area contributed by atoms with E-state index in [1.807, 2.05) is 6.07 Å². The molecule has 1 aromatic heterocycles. The number of nitrogens with one attached hydrogen (secondary N) is 1. The van der Waals surface area contributed by atoms with Gasteiger partial charge in [-0.15, -0.1) is 0 Å². The lowest BCUT2D eigenvalue weighted by atomic mass is 10.1. The number of carbonyl (C=O) groups is 1. The molecular weight excluding hydrogens is 258 g/mol. The first-order chi connectivity index (χ1) is 9.51. The van der Waals surface area contributed by atoms with Gasteiger partial charge in [-0.1, -0.05) is 13.8 Å². The molecule has 0 aliphatic heterocycles. The molecule has 0 atom stereocenters. The van der Waals surface area contributed by atoms with Gasteiger partial charge in [0, 0.05) is 10.9 Å². The normalized spacial score (nSPS) is 10.8. The minimum Gasteiger partial charge on any atom is -0.497 e. The number of esters is 1. The van der Waals surface area contributed by atoms with Gasteiger partial charge in [0.05, 0.1) is 18.6 Å². The maximum absolute atomic E-state index is 11.9. The number of aromatic nitrogens is 1. The summed E-state index contributed by atoms with van der Waals surface area (Å²) >= 11 is 0. The molecule has 0 radical (unpaired) electrons. The standard InChI is InChI=1S/C15H17NO4/c1-9(2)15(18)20-8-11-6-10-7-12(19-3)4-5-13(10)16-14(11)17/h4-7,9H,8H2,1-3H3,(H,16,17). The van der Waals surface area contributed by atoms with E-state index in [-0.39, 0.29) is 24.1 Å². The highest BCUT2D eigenvalue weighted by molar-refractivity contribution is 5.80. The Hall–Kier alpha value is -2.30. The minimum atomic E-state index is -0.324. The SMILES string of the molecule is COc1ccc2[nH]c(=O)c(COC(=O)C(C)C)cc2c1. The van der Waals surface area contributed by atoms with Gasteiger partial charge in [0.25, 0.3) is 5.56 Å². The van der Waals surface area contributed by atoms with E-state index in [1.54, 1.807) is 39.2 Å². The predicted molar refractivity (Wildman–Crippen MR) is 75.8 cm³/mol. The second-order valence-corrected chi connectivity index (χ2v) is 4.84. The molecule has 0 unspecified atom stereocenters. The molecule has 106 valence electrons. The highest BCUT2D eigenvalue weighted by Gasteiger charge is 2.10. The first kappa shape index (κ1) is 14.1. The van der Waals surface area contributed by atoms with Crippen molar-refractivity contribution < 1.29 is 14.3 Å². The highest BCUT2D eigenvalue weighted by atomic mass is 16.5. The number of ether oxygens (including phenoxy) is 2. The van der Waals surface area contributed by atoms with E-state index >= 15 is 0 Å². The van der Waals surface area contributed by atoms with Crippen LogP contribution >= 0.6 is 0 Å².